The number of hydrogen-bond acceptors (Lipinski definition) is 3. The molecular weight excluding hydrogens is 517 g/mol. The fraction of sp³-hybridized carbons (Fsp3) is 0.760. The molecule has 4 nitrogen and oxygen atoms in total. The van der Waals surface area contributed by atoms with E-state index in [0.717, 1.165) is 75.5 Å². The highest BCUT2D eigenvalue weighted by Crippen LogP contribution is 2.31. The SMILES string of the molecule is C=CC[N+](CC=C)(CC=C)C(CCC)[Si](OCCCC)(OCCCC)OCCCC.[I-]. The third-order valence-corrected chi connectivity index (χ3v) is 8.99. The van der Waals surface area contributed by atoms with Crippen molar-refractivity contribution in [1.82, 2.24) is 0 Å². The summed E-state index contributed by atoms with van der Waals surface area (Å²) in [7, 11) is -2.98. The van der Waals surface area contributed by atoms with Crippen LogP contribution in [0.5, 0.6) is 0 Å². The minimum absolute atomic E-state index is 0. The first kappa shape index (κ1) is 33.2. The van der Waals surface area contributed by atoms with Gasteiger partial charge in [0.2, 0.25) is 0 Å². The molecule has 184 valence electrons. The maximum Gasteiger partial charge on any atom is 0.562 e. The van der Waals surface area contributed by atoms with E-state index in [-0.39, 0.29) is 29.6 Å². The van der Waals surface area contributed by atoms with Crippen molar-refractivity contribution in [2.75, 3.05) is 39.5 Å². The van der Waals surface area contributed by atoms with Crippen LogP contribution in [0.2, 0.25) is 0 Å². The molecule has 0 heterocycles. The molecule has 0 rings (SSSR count). The molecule has 6 heteroatoms. The smallest absolute Gasteiger partial charge is 0.562 e. The second-order valence-electron chi connectivity index (χ2n) is 8.15. The number of halogens is 1. The summed E-state index contributed by atoms with van der Waals surface area (Å²) in [5, 5.41) is 0. The monoisotopic (exact) mass is 567 g/mol. The van der Waals surface area contributed by atoms with Crippen LogP contribution >= 0.6 is 0 Å². The highest BCUT2D eigenvalue weighted by molar-refractivity contribution is 6.62. The Morgan fingerprint density at radius 2 is 1.03 bits per heavy atom. The molecule has 31 heavy (non-hydrogen) atoms. The van der Waals surface area contributed by atoms with Crippen molar-refractivity contribution < 1.29 is 41.7 Å². The number of unbranched alkanes of at least 4 members (excludes halogenated alkanes) is 3. The van der Waals surface area contributed by atoms with E-state index in [9.17, 15) is 0 Å². The third-order valence-electron chi connectivity index (χ3n) is 5.51. The first-order chi connectivity index (χ1) is 14.6. The van der Waals surface area contributed by atoms with Gasteiger partial charge in [-0.05, 0) is 37.5 Å². The van der Waals surface area contributed by atoms with Crippen molar-refractivity contribution in [3.05, 3.63) is 38.0 Å². The van der Waals surface area contributed by atoms with Gasteiger partial charge < -0.3 is 41.7 Å². The molecule has 1 atom stereocenters. The second-order valence-corrected chi connectivity index (χ2v) is 10.9. The van der Waals surface area contributed by atoms with Crippen LogP contribution in [0.3, 0.4) is 0 Å². The zero-order chi connectivity index (χ0) is 22.7. The Hall–Kier alpha value is 0.00688. The summed E-state index contributed by atoms with van der Waals surface area (Å²) in [5.41, 5.74) is 0.141. The maximum atomic E-state index is 6.70. The predicted molar refractivity (Wildman–Crippen MR) is 132 cm³/mol. The third kappa shape index (κ3) is 11.6. The summed E-state index contributed by atoms with van der Waals surface area (Å²) < 4.78 is 20.9. The van der Waals surface area contributed by atoms with Gasteiger partial charge in [0, 0.05) is 26.2 Å². The lowest BCUT2D eigenvalue weighted by Gasteiger charge is -2.48. The summed E-state index contributed by atoms with van der Waals surface area (Å²) in [6, 6.07) is 0. The fourth-order valence-electron chi connectivity index (χ4n) is 3.93. The number of quaternary nitrogens is 1. The molecule has 0 bridgehead atoms. The standard InChI is InChI=1S/C25H50NO3Si.HI/c1-8-15-22-27-30(28-23-16-9-2,29-24-17-10-3)25(18-11-4)26(19-12-5,20-13-6)21-14-7;/h12-14,25H,5-11,15-24H2,1-4H3;1H/q+1;/p-1. The van der Waals surface area contributed by atoms with Gasteiger partial charge in [-0.2, -0.15) is 0 Å². The zero-order valence-corrected chi connectivity index (χ0v) is 24.0. The molecule has 0 aliphatic carbocycles. The van der Waals surface area contributed by atoms with Crippen LogP contribution in [0.4, 0.5) is 0 Å². The molecule has 0 aliphatic heterocycles. The van der Waals surface area contributed by atoms with Gasteiger partial charge in [0.1, 0.15) is 0 Å². The first-order valence-corrected chi connectivity index (χ1v) is 14.0. The van der Waals surface area contributed by atoms with Gasteiger partial charge in [0.25, 0.3) is 0 Å². The lowest BCUT2D eigenvalue weighted by molar-refractivity contribution is -0.927. The molecule has 0 aromatic heterocycles. The molecular formula is C25H50INO3Si. The molecule has 0 aromatic rings. The summed E-state index contributed by atoms with van der Waals surface area (Å²) in [6.07, 6.45) is 14.4. The van der Waals surface area contributed by atoms with Crippen LogP contribution in [0, 0.1) is 0 Å². The van der Waals surface area contributed by atoms with Crippen molar-refractivity contribution in [1.29, 1.82) is 0 Å². The second kappa shape index (κ2) is 20.6. The van der Waals surface area contributed by atoms with E-state index in [1.807, 2.05) is 18.2 Å². The Morgan fingerprint density at radius 1 is 0.677 bits per heavy atom. The van der Waals surface area contributed by atoms with E-state index < -0.39 is 8.80 Å². The van der Waals surface area contributed by atoms with Gasteiger partial charge in [0.15, 0.2) is 5.67 Å². The highest BCUT2D eigenvalue weighted by atomic mass is 127. The van der Waals surface area contributed by atoms with Crippen LogP contribution < -0.4 is 24.0 Å². The van der Waals surface area contributed by atoms with Gasteiger partial charge in [0.05, 0.1) is 19.6 Å². The average molecular weight is 568 g/mol. The quantitative estimate of drug-likeness (QED) is 0.0660. The Bertz CT molecular complexity index is 409. The molecule has 0 fully saturated rings. The van der Waals surface area contributed by atoms with Gasteiger partial charge in [-0.1, -0.05) is 73.1 Å². The topological polar surface area (TPSA) is 27.7 Å². The van der Waals surface area contributed by atoms with Crippen molar-refractivity contribution in [2.24, 2.45) is 0 Å². The lowest BCUT2D eigenvalue weighted by Crippen LogP contribution is -3.00. The largest absolute Gasteiger partial charge is 1.00 e. The van der Waals surface area contributed by atoms with Crippen LogP contribution in [0.15, 0.2) is 38.0 Å². The number of rotatable bonds is 22. The Labute approximate surface area is 212 Å². The van der Waals surface area contributed by atoms with E-state index in [1.165, 1.54) is 0 Å². The van der Waals surface area contributed by atoms with E-state index >= 15 is 0 Å². The fourth-order valence-corrected chi connectivity index (χ4v) is 7.67. The molecule has 0 spiro atoms. The lowest BCUT2D eigenvalue weighted by atomic mass is 10.2. The van der Waals surface area contributed by atoms with Gasteiger partial charge in [-0.15, -0.1) is 0 Å². The Morgan fingerprint density at radius 3 is 1.29 bits per heavy atom. The minimum Gasteiger partial charge on any atom is -1.00 e. The van der Waals surface area contributed by atoms with Gasteiger partial charge in [-0.3, -0.25) is 0 Å². The average Bonchev–Trinajstić information content (AvgIpc) is 2.72. The number of nitrogens with zero attached hydrogens (tertiary/aromatic N) is 1. The maximum absolute atomic E-state index is 6.70. The van der Waals surface area contributed by atoms with Crippen LogP contribution in [-0.4, -0.2) is 58.4 Å². The minimum atomic E-state index is -2.98. The van der Waals surface area contributed by atoms with Crippen LogP contribution in [-0.2, 0) is 13.3 Å². The molecule has 0 radical (unpaired) electrons. The molecule has 0 amide bonds. The Kier molecular flexibility index (Phi) is 22.1. The van der Waals surface area contributed by atoms with E-state index in [0.29, 0.717) is 19.8 Å². The van der Waals surface area contributed by atoms with Crippen molar-refractivity contribution in [3.63, 3.8) is 0 Å². The molecule has 0 saturated carbocycles. The molecule has 0 aliphatic rings. The van der Waals surface area contributed by atoms with E-state index in [1.54, 1.807) is 0 Å². The molecule has 0 aromatic carbocycles. The molecule has 1 unspecified atom stereocenters. The van der Waals surface area contributed by atoms with Gasteiger partial charge in [-0.25, -0.2) is 0 Å². The number of hydrogen-bond donors (Lipinski definition) is 0. The predicted octanol–water partition coefficient (Wildman–Crippen LogP) is 3.46. The van der Waals surface area contributed by atoms with E-state index in [2.05, 4.69) is 47.4 Å². The summed E-state index contributed by atoms with van der Waals surface area (Å²) >= 11 is 0. The van der Waals surface area contributed by atoms with Gasteiger partial charge >= 0.3 is 8.80 Å². The van der Waals surface area contributed by atoms with E-state index in [4.69, 9.17) is 13.3 Å². The summed E-state index contributed by atoms with van der Waals surface area (Å²) in [4.78, 5) is 0. The first-order valence-electron chi connectivity index (χ1n) is 12.2. The zero-order valence-electron chi connectivity index (χ0n) is 20.9. The van der Waals surface area contributed by atoms with Crippen molar-refractivity contribution >= 4 is 8.80 Å². The highest BCUT2D eigenvalue weighted by Gasteiger charge is 2.59. The van der Waals surface area contributed by atoms with Crippen LogP contribution in [0.25, 0.3) is 0 Å². The summed E-state index contributed by atoms with van der Waals surface area (Å²) in [5.74, 6) is 0. The normalized spacial score (nSPS) is 12.8. The van der Waals surface area contributed by atoms with Crippen LogP contribution in [0.1, 0.15) is 79.1 Å². The Balaban J connectivity index is 0. The van der Waals surface area contributed by atoms with Crippen molar-refractivity contribution in [3.8, 4) is 0 Å². The van der Waals surface area contributed by atoms with Crippen molar-refractivity contribution in [2.45, 2.75) is 84.7 Å². The summed E-state index contributed by atoms with van der Waals surface area (Å²) in [6.45, 7) is 25.6. The molecule has 0 saturated heterocycles. The molecule has 0 N–H and O–H groups in total.